The molecule has 0 fully saturated rings. The first-order valence-corrected chi connectivity index (χ1v) is 12.4. The minimum atomic E-state index is -0.936. The third-order valence-electron chi connectivity index (χ3n) is 5.55. The summed E-state index contributed by atoms with van der Waals surface area (Å²) in [5, 5.41) is 0.150. The van der Waals surface area contributed by atoms with Crippen LogP contribution in [0.1, 0.15) is 37.9 Å². The fourth-order valence-electron chi connectivity index (χ4n) is 3.98. The number of methoxy groups -OCH3 is 1. The standard InChI is InChI=1S/C26H22ClFN2O6S/c1-5-35-25(33)22-13(2)29-26-30(23(22)15-9-10-19(36-14(3)31)20(11-15)34-4)24(32)21(37-26)12-16-17(27)7-6-8-18(16)28/h6-12,23H,5H2,1-4H3/b21-12+/t23-/m1/s1. The van der Waals surface area contributed by atoms with Crippen molar-refractivity contribution in [3.8, 4) is 11.5 Å². The molecule has 1 aliphatic rings. The van der Waals surface area contributed by atoms with Gasteiger partial charge in [-0.3, -0.25) is 14.2 Å². The summed E-state index contributed by atoms with van der Waals surface area (Å²) in [6, 6.07) is 8.02. The molecule has 0 saturated heterocycles. The number of aromatic nitrogens is 1. The first kappa shape index (κ1) is 26.3. The number of hydrogen-bond acceptors (Lipinski definition) is 8. The molecule has 2 aromatic carbocycles. The molecule has 37 heavy (non-hydrogen) atoms. The lowest BCUT2D eigenvalue weighted by Crippen LogP contribution is -2.40. The molecule has 2 heterocycles. The highest BCUT2D eigenvalue weighted by atomic mass is 35.5. The second-order valence-electron chi connectivity index (χ2n) is 7.94. The molecular weight excluding hydrogens is 523 g/mol. The molecular formula is C26H22ClFN2O6S. The molecule has 11 heteroatoms. The predicted octanol–water partition coefficient (Wildman–Crippen LogP) is 3.52. The highest BCUT2D eigenvalue weighted by molar-refractivity contribution is 7.07. The number of esters is 2. The molecule has 0 unspecified atom stereocenters. The summed E-state index contributed by atoms with van der Waals surface area (Å²) in [4.78, 5) is 43.0. The number of rotatable bonds is 6. The number of nitrogens with zero attached hydrogens (tertiary/aromatic N) is 2. The Morgan fingerprint density at radius 2 is 2.00 bits per heavy atom. The molecule has 1 aromatic heterocycles. The molecule has 0 saturated carbocycles. The number of thiazole rings is 1. The van der Waals surface area contributed by atoms with E-state index in [1.165, 1.54) is 48.9 Å². The first-order valence-electron chi connectivity index (χ1n) is 11.2. The van der Waals surface area contributed by atoms with Crippen LogP contribution in [-0.2, 0) is 14.3 Å². The maximum absolute atomic E-state index is 14.5. The molecule has 1 atom stereocenters. The van der Waals surface area contributed by atoms with Crippen molar-refractivity contribution in [3.05, 3.63) is 89.3 Å². The van der Waals surface area contributed by atoms with Crippen molar-refractivity contribution in [1.82, 2.24) is 4.57 Å². The van der Waals surface area contributed by atoms with Crippen LogP contribution < -0.4 is 24.4 Å². The lowest BCUT2D eigenvalue weighted by Gasteiger charge is -2.25. The Morgan fingerprint density at radius 3 is 2.65 bits per heavy atom. The van der Waals surface area contributed by atoms with Gasteiger partial charge < -0.3 is 14.2 Å². The van der Waals surface area contributed by atoms with Crippen LogP contribution in [0.25, 0.3) is 6.08 Å². The van der Waals surface area contributed by atoms with Crippen LogP contribution in [0, 0.1) is 5.82 Å². The highest BCUT2D eigenvalue weighted by Crippen LogP contribution is 2.36. The van der Waals surface area contributed by atoms with Crippen LogP contribution in [0.15, 0.2) is 57.5 Å². The summed E-state index contributed by atoms with van der Waals surface area (Å²) in [5.41, 5.74) is 0.585. The Hall–Kier alpha value is -3.76. The van der Waals surface area contributed by atoms with E-state index in [1.54, 1.807) is 26.0 Å². The van der Waals surface area contributed by atoms with Gasteiger partial charge in [0, 0.05) is 12.5 Å². The van der Waals surface area contributed by atoms with Gasteiger partial charge in [0.25, 0.3) is 5.56 Å². The van der Waals surface area contributed by atoms with E-state index >= 15 is 0 Å². The zero-order valence-electron chi connectivity index (χ0n) is 20.3. The van der Waals surface area contributed by atoms with Gasteiger partial charge >= 0.3 is 11.9 Å². The van der Waals surface area contributed by atoms with Crippen LogP contribution in [0.5, 0.6) is 11.5 Å². The summed E-state index contributed by atoms with van der Waals surface area (Å²) < 4.78 is 31.9. The number of ether oxygens (including phenoxy) is 3. The Labute approximate surface area is 219 Å². The number of fused-ring (bicyclic) bond motifs is 1. The number of carbonyl (C=O) groups is 2. The number of halogens is 2. The quantitative estimate of drug-likeness (QED) is 0.348. The topological polar surface area (TPSA) is 96.2 Å². The van der Waals surface area contributed by atoms with E-state index in [0.29, 0.717) is 16.1 Å². The monoisotopic (exact) mass is 544 g/mol. The fourth-order valence-corrected chi connectivity index (χ4v) is 5.23. The smallest absolute Gasteiger partial charge is 0.338 e. The van der Waals surface area contributed by atoms with Gasteiger partial charge in [0.2, 0.25) is 0 Å². The Kier molecular flexibility index (Phi) is 7.60. The summed E-state index contributed by atoms with van der Waals surface area (Å²) in [7, 11) is 1.41. The normalized spacial score (nSPS) is 15.2. The van der Waals surface area contributed by atoms with E-state index < -0.39 is 29.4 Å². The van der Waals surface area contributed by atoms with Crippen molar-refractivity contribution in [2.45, 2.75) is 26.8 Å². The summed E-state index contributed by atoms with van der Waals surface area (Å²) in [6.07, 6.45) is 1.37. The van der Waals surface area contributed by atoms with Crippen molar-refractivity contribution in [2.24, 2.45) is 4.99 Å². The average molecular weight is 545 g/mol. The molecule has 0 radical (unpaired) electrons. The van der Waals surface area contributed by atoms with Gasteiger partial charge in [-0.05, 0) is 49.8 Å². The zero-order valence-corrected chi connectivity index (χ0v) is 21.9. The second kappa shape index (κ2) is 10.7. The van der Waals surface area contributed by atoms with Gasteiger partial charge in [-0.1, -0.05) is 35.1 Å². The van der Waals surface area contributed by atoms with Gasteiger partial charge in [0.05, 0.1) is 40.6 Å². The fraction of sp³-hybridized carbons (Fsp3) is 0.231. The van der Waals surface area contributed by atoms with E-state index in [0.717, 1.165) is 11.3 Å². The minimum Gasteiger partial charge on any atom is -0.493 e. The molecule has 0 aliphatic carbocycles. The largest absolute Gasteiger partial charge is 0.493 e. The van der Waals surface area contributed by atoms with Crippen molar-refractivity contribution < 1.29 is 28.2 Å². The van der Waals surface area contributed by atoms with Crippen molar-refractivity contribution in [1.29, 1.82) is 0 Å². The van der Waals surface area contributed by atoms with Crippen molar-refractivity contribution >= 4 is 41.0 Å². The maximum atomic E-state index is 14.5. The summed E-state index contributed by atoms with van der Waals surface area (Å²) in [5.74, 6) is -1.34. The molecule has 0 spiro atoms. The Morgan fingerprint density at radius 1 is 1.24 bits per heavy atom. The molecule has 0 bridgehead atoms. The SMILES string of the molecule is CCOC(=O)C1=C(C)N=c2s/c(=C/c3c(F)cccc3Cl)c(=O)n2[C@@H]1c1ccc(OC(C)=O)c(OC)c1. The van der Waals surface area contributed by atoms with E-state index in [1.807, 2.05) is 0 Å². The number of allylic oxidation sites excluding steroid dienone is 1. The Bertz CT molecular complexity index is 1600. The molecule has 192 valence electrons. The van der Waals surface area contributed by atoms with Crippen molar-refractivity contribution in [3.63, 3.8) is 0 Å². The minimum absolute atomic E-state index is 0.0692. The Balaban J connectivity index is 1.98. The number of hydrogen-bond donors (Lipinski definition) is 0. The van der Waals surface area contributed by atoms with Crippen LogP contribution in [0.2, 0.25) is 5.02 Å². The van der Waals surface area contributed by atoms with Gasteiger partial charge in [0.1, 0.15) is 5.82 Å². The summed E-state index contributed by atoms with van der Waals surface area (Å²) in [6.45, 7) is 4.70. The average Bonchev–Trinajstić information content (AvgIpc) is 3.15. The van der Waals surface area contributed by atoms with Gasteiger partial charge in [-0.15, -0.1) is 0 Å². The predicted molar refractivity (Wildman–Crippen MR) is 136 cm³/mol. The molecule has 4 rings (SSSR count). The van der Waals surface area contributed by atoms with E-state index in [9.17, 15) is 18.8 Å². The van der Waals surface area contributed by atoms with Gasteiger partial charge in [0.15, 0.2) is 16.3 Å². The number of carbonyl (C=O) groups excluding carboxylic acids is 2. The molecule has 8 nitrogen and oxygen atoms in total. The zero-order chi connectivity index (χ0) is 26.9. The van der Waals surface area contributed by atoms with Crippen LogP contribution in [-0.4, -0.2) is 30.2 Å². The first-order chi connectivity index (χ1) is 17.7. The number of benzene rings is 2. The maximum Gasteiger partial charge on any atom is 0.338 e. The van der Waals surface area contributed by atoms with Gasteiger partial charge in [-0.2, -0.15) is 0 Å². The van der Waals surface area contributed by atoms with E-state index in [2.05, 4.69) is 4.99 Å². The third kappa shape index (κ3) is 5.07. The van der Waals surface area contributed by atoms with Crippen LogP contribution >= 0.6 is 22.9 Å². The lowest BCUT2D eigenvalue weighted by molar-refractivity contribution is -0.139. The van der Waals surface area contributed by atoms with E-state index in [-0.39, 0.29) is 38.8 Å². The van der Waals surface area contributed by atoms with E-state index in [4.69, 9.17) is 25.8 Å². The molecule has 0 N–H and O–H groups in total. The van der Waals surface area contributed by atoms with Crippen molar-refractivity contribution in [2.75, 3.05) is 13.7 Å². The van der Waals surface area contributed by atoms with Crippen LogP contribution in [0.3, 0.4) is 0 Å². The highest BCUT2D eigenvalue weighted by Gasteiger charge is 2.34. The summed E-state index contributed by atoms with van der Waals surface area (Å²) >= 11 is 7.21. The lowest BCUT2D eigenvalue weighted by atomic mass is 9.95. The third-order valence-corrected chi connectivity index (χ3v) is 6.86. The molecule has 3 aromatic rings. The van der Waals surface area contributed by atoms with Gasteiger partial charge in [-0.25, -0.2) is 14.2 Å². The molecule has 1 aliphatic heterocycles. The molecule has 0 amide bonds. The second-order valence-corrected chi connectivity index (χ2v) is 9.36. The van der Waals surface area contributed by atoms with Crippen LogP contribution in [0.4, 0.5) is 4.39 Å².